The van der Waals surface area contributed by atoms with Gasteiger partial charge in [-0.3, -0.25) is 0 Å². The number of thiazole rings is 1. The van der Waals surface area contributed by atoms with E-state index >= 15 is 0 Å². The van der Waals surface area contributed by atoms with E-state index in [0.29, 0.717) is 18.8 Å². The third kappa shape index (κ3) is 3.15. The topological polar surface area (TPSA) is 64.4 Å². The summed E-state index contributed by atoms with van der Waals surface area (Å²) < 4.78 is 9.85. The first-order chi connectivity index (χ1) is 8.29. The van der Waals surface area contributed by atoms with Gasteiger partial charge in [0.2, 0.25) is 5.76 Å². The Balaban J connectivity index is 1.83. The number of carbonyl (C=O) groups is 1. The van der Waals surface area contributed by atoms with Crippen LogP contribution in [0.1, 0.15) is 22.0 Å². The van der Waals surface area contributed by atoms with E-state index in [1.165, 1.54) is 7.11 Å². The molecule has 0 saturated heterocycles. The number of esters is 1. The van der Waals surface area contributed by atoms with Gasteiger partial charge < -0.3 is 14.5 Å². The van der Waals surface area contributed by atoms with Crippen molar-refractivity contribution in [2.45, 2.75) is 13.1 Å². The number of nitrogens with zero attached hydrogens (tertiary/aromatic N) is 1. The average molecular weight is 252 g/mol. The Morgan fingerprint density at radius 2 is 2.41 bits per heavy atom. The van der Waals surface area contributed by atoms with Crippen LogP contribution in [0.5, 0.6) is 0 Å². The molecule has 0 aromatic carbocycles. The molecule has 0 spiro atoms. The van der Waals surface area contributed by atoms with Gasteiger partial charge >= 0.3 is 5.97 Å². The van der Waals surface area contributed by atoms with E-state index in [-0.39, 0.29) is 5.76 Å². The molecule has 2 aromatic heterocycles. The summed E-state index contributed by atoms with van der Waals surface area (Å²) in [6.45, 7) is 1.23. The van der Waals surface area contributed by atoms with Gasteiger partial charge in [-0.25, -0.2) is 9.78 Å². The molecule has 2 heterocycles. The number of carbonyl (C=O) groups excluding carboxylic acids is 1. The second kappa shape index (κ2) is 5.60. The lowest BCUT2D eigenvalue weighted by molar-refractivity contribution is 0.0563. The van der Waals surface area contributed by atoms with Crippen LogP contribution in [0, 0.1) is 0 Å². The first kappa shape index (κ1) is 11.8. The zero-order valence-corrected chi connectivity index (χ0v) is 10.1. The maximum absolute atomic E-state index is 11.1. The molecule has 0 radical (unpaired) electrons. The van der Waals surface area contributed by atoms with Crippen molar-refractivity contribution >= 4 is 17.3 Å². The standard InChI is InChI=1S/C11H12N2O3S/c1-15-11(14)10-3-2-9(16-10)5-12-4-8-6-17-7-13-8/h2-3,6-7,12H,4-5H2,1H3. The van der Waals surface area contributed by atoms with Crippen LogP contribution in [0.15, 0.2) is 27.4 Å². The Kier molecular flexibility index (Phi) is 3.89. The number of nitrogens with one attached hydrogen (secondary N) is 1. The Bertz CT molecular complexity index is 479. The highest BCUT2D eigenvalue weighted by Gasteiger charge is 2.10. The molecule has 0 saturated carbocycles. The Morgan fingerprint density at radius 3 is 3.12 bits per heavy atom. The van der Waals surface area contributed by atoms with Crippen LogP contribution in [-0.2, 0) is 17.8 Å². The van der Waals surface area contributed by atoms with Crippen LogP contribution in [-0.4, -0.2) is 18.1 Å². The molecule has 0 bridgehead atoms. The Morgan fingerprint density at radius 1 is 1.53 bits per heavy atom. The van der Waals surface area contributed by atoms with Gasteiger partial charge in [0.05, 0.1) is 24.9 Å². The maximum Gasteiger partial charge on any atom is 0.373 e. The molecule has 0 aliphatic carbocycles. The summed E-state index contributed by atoms with van der Waals surface area (Å²) in [5.74, 6) is 0.453. The van der Waals surface area contributed by atoms with Crippen LogP contribution >= 0.6 is 11.3 Å². The van der Waals surface area contributed by atoms with Crippen molar-refractivity contribution in [3.63, 3.8) is 0 Å². The average Bonchev–Trinajstić information content (AvgIpc) is 2.99. The van der Waals surface area contributed by atoms with E-state index < -0.39 is 5.97 Å². The van der Waals surface area contributed by atoms with Gasteiger partial charge in [-0.05, 0) is 12.1 Å². The van der Waals surface area contributed by atoms with Crippen LogP contribution in [0.3, 0.4) is 0 Å². The first-order valence-corrected chi connectivity index (χ1v) is 5.98. The molecule has 1 N–H and O–H groups in total. The third-order valence-corrected chi connectivity index (χ3v) is 2.77. The van der Waals surface area contributed by atoms with E-state index in [0.717, 1.165) is 5.69 Å². The number of rotatable bonds is 5. The summed E-state index contributed by atoms with van der Waals surface area (Å²) in [5.41, 5.74) is 2.79. The largest absolute Gasteiger partial charge is 0.463 e. The summed E-state index contributed by atoms with van der Waals surface area (Å²) in [6.07, 6.45) is 0. The predicted octanol–water partition coefficient (Wildman–Crippen LogP) is 1.81. The fourth-order valence-corrected chi connectivity index (χ4v) is 1.88. The van der Waals surface area contributed by atoms with Gasteiger partial charge in [0.15, 0.2) is 0 Å². The van der Waals surface area contributed by atoms with Crippen molar-refractivity contribution in [1.29, 1.82) is 0 Å². The molecule has 0 unspecified atom stereocenters. The number of hydrogen-bond acceptors (Lipinski definition) is 6. The van der Waals surface area contributed by atoms with Crippen LogP contribution in [0.25, 0.3) is 0 Å². The third-order valence-electron chi connectivity index (χ3n) is 2.14. The lowest BCUT2D eigenvalue weighted by Gasteiger charge is -1.99. The second-order valence-electron chi connectivity index (χ2n) is 3.34. The highest BCUT2D eigenvalue weighted by Crippen LogP contribution is 2.09. The molecular weight excluding hydrogens is 240 g/mol. The minimum Gasteiger partial charge on any atom is -0.463 e. The molecule has 5 nitrogen and oxygen atoms in total. The molecule has 90 valence electrons. The molecule has 0 amide bonds. The van der Waals surface area contributed by atoms with Gasteiger partial charge in [-0.1, -0.05) is 0 Å². The number of methoxy groups -OCH3 is 1. The number of hydrogen-bond donors (Lipinski definition) is 1. The quantitative estimate of drug-likeness (QED) is 0.822. The molecule has 0 aliphatic rings. The van der Waals surface area contributed by atoms with Crippen LogP contribution in [0.2, 0.25) is 0 Å². The lowest BCUT2D eigenvalue weighted by Crippen LogP contribution is -2.12. The van der Waals surface area contributed by atoms with Crippen molar-refractivity contribution in [1.82, 2.24) is 10.3 Å². The second-order valence-corrected chi connectivity index (χ2v) is 4.06. The normalized spacial score (nSPS) is 10.4. The summed E-state index contributed by atoms with van der Waals surface area (Å²) in [7, 11) is 1.32. The van der Waals surface area contributed by atoms with Gasteiger partial charge in [0.25, 0.3) is 0 Å². The van der Waals surface area contributed by atoms with Crippen molar-refractivity contribution in [2.24, 2.45) is 0 Å². The zero-order valence-electron chi connectivity index (χ0n) is 9.30. The molecule has 0 fully saturated rings. The van der Waals surface area contributed by atoms with E-state index in [4.69, 9.17) is 4.42 Å². The minimum atomic E-state index is -0.462. The monoisotopic (exact) mass is 252 g/mol. The van der Waals surface area contributed by atoms with E-state index in [9.17, 15) is 4.79 Å². The van der Waals surface area contributed by atoms with Crippen LogP contribution in [0.4, 0.5) is 0 Å². The molecule has 0 aliphatic heterocycles. The highest BCUT2D eigenvalue weighted by atomic mass is 32.1. The number of aromatic nitrogens is 1. The lowest BCUT2D eigenvalue weighted by atomic mass is 10.4. The molecular formula is C11H12N2O3S. The molecule has 17 heavy (non-hydrogen) atoms. The Hall–Kier alpha value is -1.66. The summed E-state index contributed by atoms with van der Waals surface area (Å²) in [5, 5.41) is 5.15. The summed E-state index contributed by atoms with van der Waals surface area (Å²) in [6, 6.07) is 3.35. The van der Waals surface area contributed by atoms with Crippen molar-refractivity contribution in [2.75, 3.05) is 7.11 Å². The van der Waals surface area contributed by atoms with Gasteiger partial charge in [-0.15, -0.1) is 11.3 Å². The molecule has 0 atom stereocenters. The van der Waals surface area contributed by atoms with Gasteiger partial charge in [0.1, 0.15) is 5.76 Å². The fraction of sp³-hybridized carbons (Fsp3) is 0.273. The molecule has 6 heteroatoms. The van der Waals surface area contributed by atoms with Gasteiger partial charge in [0, 0.05) is 11.9 Å². The van der Waals surface area contributed by atoms with E-state index in [2.05, 4.69) is 15.0 Å². The van der Waals surface area contributed by atoms with Crippen LogP contribution < -0.4 is 5.32 Å². The molecule has 2 aromatic rings. The highest BCUT2D eigenvalue weighted by molar-refractivity contribution is 7.07. The van der Waals surface area contributed by atoms with Crippen molar-refractivity contribution < 1.29 is 13.9 Å². The zero-order chi connectivity index (χ0) is 12.1. The van der Waals surface area contributed by atoms with Crippen molar-refractivity contribution in [3.8, 4) is 0 Å². The fourth-order valence-electron chi connectivity index (χ4n) is 1.32. The predicted molar refractivity (Wildman–Crippen MR) is 62.7 cm³/mol. The number of furan rings is 1. The minimum absolute atomic E-state index is 0.220. The van der Waals surface area contributed by atoms with Gasteiger partial charge in [-0.2, -0.15) is 0 Å². The Labute approximate surface area is 102 Å². The SMILES string of the molecule is COC(=O)c1ccc(CNCc2cscn2)o1. The number of ether oxygens (including phenoxy) is 1. The maximum atomic E-state index is 11.1. The van der Waals surface area contributed by atoms with Crippen molar-refractivity contribution in [3.05, 3.63) is 40.2 Å². The summed E-state index contributed by atoms with van der Waals surface area (Å²) >= 11 is 1.56. The summed E-state index contributed by atoms with van der Waals surface area (Å²) in [4.78, 5) is 15.3. The first-order valence-electron chi connectivity index (χ1n) is 5.04. The molecule has 2 rings (SSSR count). The van der Waals surface area contributed by atoms with E-state index in [1.807, 2.05) is 5.38 Å². The van der Waals surface area contributed by atoms with E-state index in [1.54, 1.807) is 29.0 Å². The smallest absolute Gasteiger partial charge is 0.373 e.